The molecular weight excluding hydrogens is 316 g/mol. The molecule has 0 aromatic heterocycles. The van der Waals surface area contributed by atoms with Crippen LogP contribution in [0.15, 0.2) is 48.5 Å². The summed E-state index contributed by atoms with van der Waals surface area (Å²) in [6.45, 7) is 2.33. The quantitative estimate of drug-likeness (QED) is 0.443. The van der Waals surface area contributed by atoms with E-state index in [4.69, 9.17) is 21.1 Å². The third kappa shape index (κ3) is 4.83. The van der Waals surface area contributed by atoms with Gasteiger partial charge in [-0.05, 0) is 36.8 Å². The van der Waals surface area contributed by atoms with Crippen LogP contribution in [0, 0.1) is 0 Å². The molecule has 0 spiro atoms. The van der Waals surface area contributed by atoms with E-state index in [1.807, 2.05) is 6.92 Å². The highest BCUT2D eigenvalue weighted by molar-refractivity contribution is 6.30. The molecule has 120 valence electrons. The Hall–Kier alpha value is -2.33. The van der Waals surface area contributed by atoms with E-state index >= 15 is 0 Å². The van der Waals surface area contributed by atoms with Crippen molar-refractivity contribution in [2.75, 3.05) is 6.61 Å². The normalized spacial score (nSPS) is 10.2. The number of carbonyl (C=O) groups is 2. The highest BCUT2D eigenvalue weighted by Crippen LogP contribution is 2.20. The SMILES string of the molecule is CCCCOC(=O)c1ccccc1C(=O)Oc1cccc(Cl)c1. The van der Waals surface area contributed by atoms with Crippen molar-refractivity contribution in [3.05, 3.63) is 64.7 Å². The number of esters is 2. The van der Waals surface area contributed by atoms with E-state index in [1.54, 1.807) is 36.4 Å². The smallest absolute Gasteiger partial charge is 0.344 e. The zero-order valence-corrected chi connectivity index (χ0v) is 13.5. The fourth-order valence-corrected chi connectivity index (χ4v) is 2.10. The molecule has 0 aliphatic rings. The van der Waals surface area contributed by atoms with E-state index in [1.165, 1.54) is 12.1 Å². The first-order valence-electron chi connectivity index (χ1n) is 7.35. The summed E-state index contributed by atoms with van der Waals surface area (Å²) in [5.41, 5.74) is 0.351. The minimum Gasteiger partial charge on any atom is -0.462 e. The van der Waals surface area contributed by atoms with Crippen LogP contribution in [0.1, 0.15) is 40.5 Å². The van der Waals surface area contributed by atoms with Gasteiger partial charge in [0.1, 0.15) is 5.75 Å². The molecule has 0 fully saturated rings. The molecule has 0 unspecified atom stereocenters. The maximum atomic E-state index is 12.3. The van der Waals surface area contributed by atoms with Crippen LogP contribution in [0.2, 0.25) is 5.02 Å². The van der Waals surface area contributed by atoms with Crippen LogP contribution in [0.3, 0.4) is 0 Å². The number of unbranched alkanes of at least 4 members (excludes halogenated alkanes) is 1. The summed E-state index contributed by atoms with van der Waals surface area (Å²) in [4.78, 5) is 24.4. The van der Waals surface area contributed by atoms with Gasteiger partial charge in [-0.2, -0.15) is 0 Å². The van der Waals surface area contributed by atoms with Crippen LogP contribution in [-0.2, 0) is 4.74 Å². The third-order valence-corrected chi connectivity index (χ3v) is 3.34. The van der Waals surface area contributed by atoms with Gasteiger partial charge in [0.15, 0.2) is 0 Å². The van der Waals surface area contributed by atoms with Crippen LogP contribution < -0.4 is 4.74 Å². The summed E-state index contributed by atoms with van der Waals surface area (Å²) in [6, 6.07) is 12.9. The fraction of sp³-hybridized carbons (Fsp3) is 0.222. The molecule has 5 heteroatoms. The van der Waals surface area contributed by atoms with Crippen LogP contribution >= 0.6 is 11.6 Å². The van der Waals surface area contributed by atoms with E-state index in [9.17, 15) is 9.59 Å². The second-order valence-electron chi connectivity index (χ2n) is 4.88. The second kappa shape index (κ2) is 8.34. The largest absolute Gasteiger partial charge is 0.462 e. The van der Waals surface area contributed by atoms with Crippen molar-refractivity contribution in [2.24, 2.45) is 0 Å². The predicted molar refractivity (Wildman–Crippen MR) is 88.0 cm³/mol. The Bertz CT molecular complexity index is 697. The predicted octanol–water partition coefficient (Wildman–Crippen LogP) is 4.52. The van der Waals surface area contributed by atoms with E-state index in [-0.39, 0.29) is 11.1 Å². The highest BCUT2D eigenvalue weighted by atomic mass is 35.5. The Labute approximate surface area is 140 Å². The first kappa shape index (κ1) is 17.0. The molecule has 4 nitrogen and oxygen atoms in total. The first-order chi connectivity index (χ1) is 11.1. The minimum atomic E-state index is -0.629. The maximum absolute atomic E-state index is 12.3. The number of halogens is 1. The average Bonchev–Trinajstić information content (AvgIpc) is 2.55. The summed E-state index contributed by atoms with van der Waals surface area (Å²) in [6.07, 6.45) is 1.70. The second-order valence-corrected chi connectivity index (χ2v) is 5.32. The molecular formula is C18H17ClO4. The van der Waals surface area contributed by atoms with Gasteiger partial charge in [0.2, 0.25) is 0 Å². The Morgan fingerprint density at radius 2 is 1.70 bits per heavy atom. The molecule has 0 atom stereocenters. The van der Waals surface area contributed by atoms with Crippen molar-refractivity contribution in [2.45, 2.75) is 19.8 Å². The van der Waals surface area contributed by atoms with Crippen molar-refractivity contribution in [1.82, 2.24) is 0 Å². The molecule has 0 aliphatic carbocycles. The van der Waals surface area contributed by atoms with Crippen LogP contribution in [0.5, 0.6) is 5.75 Å². The summed E-state index contributed by atoms with van der Waals surface area (Å²) < 4.78 is 10.4. The first-order valence-corrected chi connectivity index (χ1v) is 7.73. The molecule has 0 saturated carbocycles. The molecule has 2 aromatic rings. The van der Waals surface area contributed by atoms with Gasteiger partial charge >= 0.3 is 11.9 Å². The number of hydrogen-bond acceptors (Lipinski definition) is 4. The number of benzene rings is 2. The molecule has 0 amide bonds. The molecule has 23 heavy (non-hydrogen) atoms. The molecule has 0 heterocycles. The van der Waals surface area contributed by atoms with E-state index in [2.05, 4.69) is 0 Å². The number of carbonyl (C=O) groups excluding carboxylic acids is 2. The summed E-state index contributed by atoms with van der Waals surface area (Å²) >= 11 is 5.86. The molecule has 0 radical (unpaired) electrons. The lowest BCUT2D eigenvalue weighted by Crippen LogP contribution is -2.16. The van der Waals surface area contributed by atoms with Gasteiger partial charge < -0.3 is 9.47 Å². The van der Waals surface area contributed by atoms with Crippen molar-refractivity contribution in [1.29, 1.82) is 0 Å². The van der Waals surface area contributed by atoms with Crippen molar-refractivity contribution in [3.63, 3.8) is 0 Å². The van der Waals surface area contributed by atoms with Crippen LogP contribution in [0.4, 0.5) is 0 Å². The van der Waals surface area contributed by atoms with Crippen LogP contribution in [0.25, 0.3) is 0 Å². The zero-order chi connectivity index (χ0) is 16.7. The van der Waals surface area contributed by atoms with Crippen molar-refractivity contribution >= 4 is 23.5 Å². The lowest BCUT2D eigenvalue weighted by Gasteiger charge is -2.09. The van der Waals surface area contributed by atoms with Gasteiger partial charge in [0.25, 0.3) is 0 Å². The highest BCUT2D eigenvalue weighted by Gasteiger charge is 2.19. The standard InChI is InChI=1S/C18H17ClO4/c1-2-3-11-22-17(20)15-9-4-5-10-16(15)18(21)23-14-8-6-7-13(19)12-14/h4-10,12H,2-3,11H2,1H3. The maximum Gasteiger partial charge on any atom is 0.344 e. The van der Waals surface area contributed by atoms with E-state index in [0.717, 1.165) is 12.8 Å². The molecule has 0 N–H and O–H groups in total. The number of ether oxygens (including phenoxy) is 2. The Morgan fingerprint density at radius 3 is 2.35 bits per heavy atom. The Kier molecular flexibility index (Phi) is 6.18. The number of hydrogen-bond donors (Lipinski definition) is 0. The van der Waals surface area contributed by atoms with Gasteiger partial charge in [-0.3, -0.25) is 0 Å². The minimum absolute atomic E-state index is 0.161. The van der Waals surface area contributed by atoms with E-state index in [0.29, 0.717) is 17.4 Å². The van der Waals surface area contributed by atoms with Crippen molar-refractivity contribution in [3.8, 4) is 5.75 Å². The molecule has 0 saturated heterocycles. The van der Waals surface area contributed by atoms with Gasteiger partial charge in [-0.1, -0.05) is 43.1 Å². The third-order valence-electron chi connectivity index (χ3n) is 3.10. The van der Waals surface area contributed by atoms with Gasteiger partial charge in [-0.25, -0.2) is 9.59 Å². The van der Waals surface area contributed by atoms with Crippen LogP contribution in [-0.4, -0.2) is 18.5 Å². The van der Waals surface area contributed by atoms with Gasteiger partial charge in [-0.15, -0.1) is 0 Å². The van der Waals surface area contributed by atoms with E-state index < -0.39 is 11.9 Å². The average molecular weight is 333 g/mol. The van der Waals surface area contributed by atoms with Gasteiger partial charge in [0, 0.05) is 5.02 Å². The molecule has 0 aliphatic heterocycles. The zero-order valence-electron chi connectivity index (χ0n) is 12.8. The Balaban J connectivity index is 2.15. The van der Waals surface area contributed by atoms with Crippen molar-refractivity contribution < 1.29 is 19.1 Å². The summed E-state index contributed by atoms with van der Waals surface area (Å²) in [7, 11) is 0. The molecule has 2 rings (SSSR count). The molecule has 0 bridgehead atoms. The fourth-order valence-electron chi connectivity index (χ4n) is 1.92. The monoisotopic (exact) mass is 332 g/mol. The number of rotatable bonds is 6. The lowest BCUT2D eigenvalue weighted by atomic mass is 10.1. The summed E-state index contributed by atoms with van der Waals surface area (Å²) in [5, 5.41) is 0.461. The van der Waals surface area contributed by atoms with Gasteiger partial charge in [0.05, 0.1) is 17.7 Å². The Morgan fingerprint density at radius 1 is 1.00 bits per heavy atom. The lowest BCUT2D eigenvalue weighted by molar-refractivity contribution is 0.0491. The summed E-state index contributed by atoms with van der Waals surface area (Å²) in [5.74, 6) is -0.843. The topological polar surface area (TPSA) is 52.6 Å². The molecule has 2 aromatic carbocycles.